The molecular formula is C18H17F2NO3S. The van der Waals surface area contributed by atoms with Gasteiger partial charge < -0.3 is 10.1 Å². The quantitative estimate of drug-likeness (QED) is 0.621. The van der Waals surface area contributed by atoms with Gasteiger partial charge in [0.25, 0.3) is 5.91 Å². The van der Waals surface area contributed by atoms with Crippen LogP contribution in [-0.2, 0) is 14.3 Å². The molecule has 25 heavy (non-hydrogen) atoms. The summed E-state index contributed by atoms with van der Waals surface area (Å²) >= 11 is 1.31. The van der Waals surface area contributed by atoms with Crippen LogP contribution < -0.4 is 5.32 Å². The molecule has 1 amide bonds. The SMILES string of the molecule is C[C@@H](OC(=O)[C@@H](C)Sc1ccccc1)C(=O)Nc1ccc(F)cc1F. The number of carbonyl (C=O) groups excluding carboxylic acids is 2. The standard InChI is InChI=1S/C18H17F2NO3S/c1-11(17(22)21-16-9-8-13(19)10-15(16)20)24-18(23)12(2)25-14-6-4-3-5-7-14/h3-12H,1-2H3,(H,21,22)/t11-,12-/m1/s1. The minimum Gasteiger partial charge on any atom is -0.452 e. The Morgan fingerprint density at radius 3 is 2.40 bits per heavy atom. The van der Waals surface area contributed by atoms with Gasteiger partial charge in [-0.3, -0.25) is 9.59 Å². The van der Waals surface area contributed by atoms with Crippen LogP contribution in [0.3, 0.4) is 0 Å². The number of rotatable bonds is 6. The van der Waals surface area contributed by atoms with E-state index in [1.54, 1.807) is 6.92 Å². The van der Waals surface area contributed by atoms with Gasteiger partial charge >= 0.3 is 5.97 Å². The van der Waals surface area contributed by atoms with Crippen molar-refractivity contribution >= 4 is 29.3 Å². The van der Waals surface area contributed by atoms with Crippen molar-refractivity contribution in [3.63, 3.8) is 0 Å². The number of thioether (sulfide) groups is 1. The third-order valence-corrected chi connectivity index (χ3v) is 4.33. The number of hydrogen-bond donors (Lipinski definition) is 1. The Labute approximate surface area is 148 Å². The van der Waals surface area contributed by atoms with Gasteiger partial charge in [-0.2, -0.15) is 0 Å². The van der Waals surface area contributed by atoms with Crippen LogP contribution in [0.15, 0.2) is 53.4 Å². The van der Waals surface area contributed by atoms with Crippen molar-refractivity contribution in [2.24, 2.45) is 0 Å². The fraction of sp³-hybridized carbons (Fsp3) is 0.222. The Kier molecular flexibility index (Phi) is 6.52. The maximum Gasteiger partial charge on any atom is 0.319 e. The first kappa shape index (κ1) is 18.9. The number of halogens is 2. The van der Waals surface area contributed by atoms with Crippen molar-refractivity contribution in [2.75, 3.05) is 5.32 Å². The van der Waals surface area contributed by atoms with Crippen molar-refractivity contribution in [3.05, 3.63) is 60.2 Å². The molecule has 0 aliphatic heterocycles. The number of anilines is 1. The highest BCUT2D eigenvalue weighted by molar-refractivity contribution is 8.00. The number of amides is 1. The molecule has 0 aliphatic rings. The Balaban J connectivity index is 1.90. The van der Waals surface area contributed by atoms with Gasteiger partial charge in [0.1, 0.15) is 16.9 Å². The molecule has 0 bridgehead atoms. The summed E-state index contributed by atoms with van der Waals surface area (Å²) in [6, 6.07) is 12.1. The maximum atomic E-state index is 13.5. The van der Waals surface area contributed by atoms with Gasteiger partial charge in [-0.15, -0.1) is 11.8 Å². The summed E-state index contributed by atoms with van der Waals surface area (Å²) in [5, 5.41) is 1.75. The molecule has 0 aliphatic carbocycles. The number of esters is 1. The minimum absolute atomic E-state index is 0.180. The van der Waals surface area contributed by atoms with E-state index in [2.05, 4.69) is 5.32 Å². The highest BCUT2D eigenvalue weighted by Gasteiger charge is 2.23. The molecule has 7 heteroatoms. The third kappa shape index (κ3) is 5.56. The number of nitrogens with one attached hydrogen (secondary N) is 1. The van der Waals surface area contributed by atoms with Crippen molar-refractivity contribution in [1.29, 1.82) is 0 Å². The van der Waals surface area contributed by atoms with Gasteiger partial charge in [-0.05, 0) is 38.1 Å². The first-order valence-corrected chi connectivity index (χ1v) is 8.43. The highest BCUT2D eigenvalue weighted by atomic mass is 32.2. The van der Waals surface area contributed by atoms with E-state index in [0.29, 0.717) is 6.07 Å². The third-order valence-electron chi connectivity index (χ3n) is 3.24. The monoisotopic (exact) mass is 365 g/mol. The summed E-state index contributed by atoms with van der Waals surface area (Å²) in [6.07, 6.45) is -1.12. The van der Waals surface area contributed by atoms with E-state index in [4.69, 9.17) is 4.74 Å². The second kappa shape index (κ2) is 8.62. The molecule has 4 nitrogen and oxygen atoms in total. The predicted molar refractivity (Wildman–Crippen MR) is 92.3 cm³/mol. The normalized spacial score (nSPS) is 13.0. The van der Waals surface area contributed by atoms with Crippen molar-refractivity contribution in [1.82, 2.24) is 0 Å². The van der Waals surface area contributed by atoms with Gasteiger partial charge in [0, 0.05) is 11.0 Å². The van der Waals surface area contributed by atoms with E-state index in [-0.39, 0.29) is 5.69 Å². The fourth-order valence-electron chi connectivity index (χ4n) is 1.90. The first-order chi connectivity index (χ1) is 11.9. The van der Waals surface area contributed by atoms with Crippen LogP contribution in [0.4, 0.5) is 14.5 Å². The Morgan fingerprint density at radius 1 is 1.08 bits per heavy atom. The average molecular weight is 365 g/mol. The number of benzene rings is 2. The lowest BCUT2D eigenvalue weighted by Gasteiger charge is -2.16. The molecule has 0 saturated heterocycles. The summed E-state index contributed by atoms with van der Waals surface area (Å²) in [5.74, 6) is -2.91. The topological polar surface area (TPSA) is 55.4 Å². The molecule has 0 radical (unpaired) electrons. The number of ether oxygens (including phenoxy) is 1. The lowest BCUT2D eigenvalue weighted by atomic mass is 10.2. The zero-order valence-electron chi connectivity index (χ0n) is 13.7. The minimum atomic E-state index is -1.12. The molecule has 2 aromatic rings. The van der Waals surface area contributed by atoms with Crippen LogP contribution >= 0.6 is 11.8 Å². The highest BCUT2D eigenvalue weighted by Crippen LogP contribution is 2.24. The summed E-state index contributed by atoms with van der Waals surface area (Å²) in [7, 11) is 0. The predicted octanol–water partition coefficient (Wildman–Crippen LogP) is 4.02. The van der Waals surface area contributed by atoms with Gasteiger partial charge in [0.15, 0.2) is 6.10 Å². The Hall–Kier alpha value is -2.41. The lowest BCUT2D eigenvalue weighted by Crippen LogP contribution is -2.32. The van der Waals surface area contributed by atoms with E-state index >= 15 is 0 Å². The van der Waals surface area contributed by atoms with Crippen LogP contribution in [0.1, 0.15) is 13.8 Å². The van der Waals surface area contributed by atoms with Crippen LogP contribution in [0.25, 0.3) is 0 Å². The second-order valence-corrected chi connectivity index (χ2v) is 6.68. The van der Waals surface area contributed by atoms with E-state index in [0.717, 1.165) is 17.0 Å². The zero-order valence-corrected chi connectivity index (χ0v) is 14.5. The largest absolute Gasteiger partial charge is 0.452 e. The average Bonchev–Trinajstić information content (AvgIpc) is 2.58. The van der Waals surface area contributed by atoms with Gasteiger partial charge in [-0.1, -0.05) is 18.2 Å². The summed E-state index contributed by atoms with van der Waals surface area (Å²) in [6.45, 7) is 3.05. The molecule has 132 valence electrons. The Bertz CT molecular complexity index is 755. The molecule has 0 heterocycles. The second-order valence-electron chi connectivity index (χ2n) is 5.27. The van der Waals surface area contributed by atoms with Gasteiger partial charge in [0.2, 0.25) is 0 Å². The van der Waals surface area contributed by atoms with Crippen LogP contribution in [0.5, 0.6) is 0 Å². The van der Waals surface area contributed by atoms with Crippen LogP contribution in [0, 0.1) is 11.6 Å². The zero-order chi connectivity index (χ0) is 18.4. The molecule has 1 N–H and O–H groups in total. The summed E-state index contributed by atoms with van der Waals surface area (Å²) in [4.78, 5) is 25.0. The Morgan fingerprint density at radius 2 is 1.76 bits per heavy atom. The first-order valence-electron chi connectivity index (χ1n) is 7.55. The smallest absolute Gasteiger partial charge is 0.319 e. The molecule has 0 fully saturated rings. The van der Waals surface area contributed by atoms with E-state index < -0.39 is 34.9 Å². The van der Waals surface area contributed by atoms with E-state index in [1.165, 1.54) is 18.7 Å². The maximum absolute atomic E-state index is 13.5. The molecule has 0 spiro atoms. The van der Waals surface area contributed by atoms with Gasteiger partial charge in [0.05, 0.1) is 5.69 Å². The molecule has 0 saturated carbocycles. The molecule has 2 aromatic carbocycles. The summed E-state index contributed by atoms with van der Waals surface area (Å²) in [5.41, 5.74) is -0.180. The molecular weight excluding hydrogens is 348 g/mol. The van der Waals surface area contributed by atoms with Crippen molar-refractivity contribution in [3.8, 4) is 0 Å². The van der Waals surface area contributed by atoms with Crippen LogP contribution in [0.2, 0.25) is 0 Å². The van der Waals surface area contributed by atoms with E-state index in [1.807, 2.05) is 30.3 Å². The summed E-state index contributed by atoms with van der Waals surface area (Å²) < 4.78 is 31.5. The molecule has 0 unspecified atom stereocenters. The van der Waals surface area contributed by atoms with E-state index in [9.17, 15) is 18.4 Å². The molecule has 2 atom stereocenters. The number of hydrogen-bond acceptors (Lipinski definition) is 4. The van der Waals surface area contributed by atoms with Crippen molar-refractivity contribution in [2.45, 2.75) is 30.1 Å². The number of carbonyl (C=O) groups is 2. The van der Waals surface area contributed by atoms with Crippen molar-refractivity contribution < 1.29 is 23.1 Å². The molecule has 0 aromatic heterocycles. The fourth-order valence-corrected chi connectivity index (χ4v) is 2.77. The molecule has 2 rings (SSSR count). The van der Waals surface area contributed by atoms with Gasteiger partial charge in [-0.25, -0.2) is 8.78 Å². The van der Waals surface area contributed by atoms with Crippen LogP contribution in [-0.4, -0.2) is 23.2 Å². The lowest BCUT2D eigenvalue weighted by molar-refractivity contribution is -0.152.